The quantitative estimate of drug-likeness (QED) is 0.385. The van der Waals surface area contributed by atoms with Crippen molar-refractivity contribution in [3.05, 3.63) is 35.9 Å². The summed E-state index contributed by atoms with van der Waals surface area (Å²) in [6.07, 6.45) is 1.89. The van der Waals surface area contributed by atoms with Gasteiger partial charge in [0.15, 0.2) is 0 Å². The molecule has 6 nitrogen and oxygen atoms in total. The highest BCUT2D eigenvalue weighted by Crippen LogP contribution is 2.06. The predicted octanol–water partition coefficient (Wildman–Crippen LogP) is 4.16. The molecule has 1 aromatic rings. The summed E-state index contributed by atoms with van der Waals surface area (Å²) in [7, 11) is 1.57. The summed E-state index contributed by atoms with van der Waals surface area (Å²) in [5, 5.41) is 0. The number of methoxy groups -OCH3 is 1. The van der Waals surface area contributed by atoms with Crippen molar-refractivity contribution in [2.24, 2.45) is 0 Å². The van der Waals surface area contributed by atoms with Crippen LogP contribution in [0.3, 0.4) is 0 Å². The van der Waals surface area contributed by atoms with Crippen LogP contribution in [0, 0.1) is 0 Å². The van der Waals surface area contributed by atoms with Crippen LogP contribution >= 0.6 is 0 Å². The van der Waals surface area contributed by atoms with Crippen LogP contribution in [0.15, 0.2) is 30.3 Å². The molecule has 148 valence electrons. The average molecular weight is 368 g/mol. The molecule has 1 unspecified atom stereocenters. The smallest absolute Gasteiger partial charge is 0.434 e. The summed E-state index contributed by atoms with van der Waals surface area (Å²) >= 11 is 0. The Labute approximate surface area is 156 Å². The monoisotopic (exact) mass is 368 g/mol. The van der Waals surface area contributed by atoms with Crippen molar-refractivity contribution in [2.45, 2.75) is 52.7 Å². The third kappa shape index (κ3) is 12.4. The van der Waals surface area contributed by atoms with Gasteiger partial charge in [0, 0.05) is 13.5 Å². The Morgan fingerprint density at radius 2 is 1.73 bits per heavy atom. The lowest BCUT2D eigenvalue weighted by atomic mass is 10.1. The van der Waals surface area contributed by atoms with Gasteiger partial charge in [-0.25, -0.2) is 4.79 Å². The number of ketones is 1. The van der Waals surface area contributed by atoms with Gasteiger partial charge in [-0.05, 0) is 31.7 Å². The van der Waals surface area contributed by atoms with Gasteiger partial charge in [-0.15, -0.1) is 0 Å². The van der Waals surface area contributed by atoms with Gasteiger partial charge in [0.05, 0.1) is 19.8 Å². The zero-order valence-electron chi connectivity index (χ0n) is 15.1. The van der Waals surface area contributed by atoms with E-state index in [9.17, 15) is 9.59 Å². The number of benzene rings is 1. The first-order chi connectivity index (χ1) is 12.1. The van der Waals surface area contributed by atoms with Crippen molar-refractivity contribution in [3.63, 3.8) is 0 Å². The first kappa shape index (κ1) is 24.1. The molecule has 0 saturated heterocycles. The Morgan fingerprint density at radius 1 is 1.00 bits per heavy atom. The molecule has 0 aliphatic carbocycles. The normalized spacial score (nSPS) is 11.3. The van der Waals surface area contributed by atoms with Gasteiger partial charge in [0.25, 0.3) is 0 Å². The van der Waals surface area contributed by atoms with Crippen LogP contribution < -0.4 is 0 Å². The molecule has 0 aromatic heterocycles. The molecule has 0 N–H and O–H groups in total. The number of carbonyl (C=O) groups excluding carboxylic acids is 2. The number of rotatable bonds is 13. The molecule has 0 radical (unpaired) electrons. The van der Waals surface area contributed by atoms with Gasteiger partial charge in [-0.1, -0.05) is 37.8 Å². The Bertz CT molecular complexity index is 488. The van der Waals surface area contributed by atoms with Crippen LogP contribution in [-0.4, -0.2) is 45.0 Å². The molecule has 0 bridgehead atoms. The van der Waals surface area contributed by atoms with Crippen molar-refractivity contribution in [2.75, 3.05) is 26.9 Å². The SMILES string of the molecule is C.COCC(COC(=O)OCCCCCC(C)=O)OCc1ccccc1. The lowest BCUT2D eigenvalue weighted by molar-refractivity contribution is -0.117. The van der Waals surface area contributed by atoms with Crippen LogP contribution in [0.25, 0.3) is 0 Å². The van der Waals surface area contributed by atoms with Crippen molar-refractivity contribution in [3.8, 4) is 0 Å². The van der Waals surface area contributed by atoms with Gasteiger partial charge in [0.2, 0.25) is 0 Å². The number of hydrogen-bond donors (Lipinski definition) is 0. The lowest BCUT2D eigenvalue weighted by Gasteiger charge is -2.17. The van der Waals surface area contributed by atoms with E-state index in [1.54, 1.807) is 14.0 Å². The fourth-order valence-electron chi connectivity index (χ4n) is 2.13. The van der Waals surface area contributed by atoms with Gasteiger partial charge in [-0.3, -0.25) is 0 Å². The van der Waals surface area contributed by atoms with Gasteiger partial charge in [-0.2, -0.15) is 0 Å². The first-order valence-electron chi connectivity index (χ1n) is 8.55. The molecule has 0 aliphatic rings. The number of ether oxygens (including phenoxy) is 4. The molecular formula is C20H32O6. The van der Waals surface area contributed by atoms with E-state index < -0.39 is 6.16 Å². The van der Waals surface area contributed by atoms with E-state index in [-0.39, 0.29) is 32.5 Å². The summed E-state index contributed by atoms with van der Waals surface area (Å²) in [6, 6.07) is 9.74. The Hall–Kier alpha value is -1.92. The average Bonchev–Trinajstić information content (AvgIpc) is 2.61. The summed E-state index contributed by atoms with van der Waals surface area (Å²) in [5.74, 6) is 0.181. The second-order valence-electron chi connectivity index (χ2n) is 5.80. The summed E-state index contributed by atoms with van der Waals surface area (Å²) < 4.78 is 20.9. The topological polar surface area (TPSA) is 71.1 Å². The number of Topliss-reactive ketones (excluding diaryl/α,β-unsaturated/α-hetero) is 1. The second-order valence-corrected chi connectivity index (χ2v) is 5.80. The Morgan fingerprint density at radius 3 is 2.38 bits per heavy atom. The molecular weight excluding hydrogens is 336 g/mol. The van der Waals surface area contributed by atoms with E-state index >= 15 is 0 Å². The van der Waals surface area contributed by atoms with E-state index in [2.05, 4.69) is 0 Å². The van der Waals surface area contributed by atoms with Crippen LogP contribution in [0.4, 0.5) is 4.79 Å². The van der Waals surface area contributed by atoms with E-state index in [0.29, 0.717) is 26.1 Å². The molecule has 1 rings (SSSR count). The molecule has 1 aromatic carbocycles. The summed E-state index contributed by atoms with van der Waals surface area (Å²) in [6.45, 7) is 2.68. The maximum absolute atomic E-state index is 11.6. The van der Waals surface area contributed by atoms with Crippen LogP contribution in [0.5, 0.6) is 0 Å². The molecule has 0 heterocycles. The maximum Gasteiger partial charge on any atom is 0.508 e. The molecule has 1 atom stereocenters. The van der Waals surface area contributed by atoms with Crippen molar-refractivity contribution in [1.82, 2.24) is 0 Å². The number of unbranched alkanes of at least 4 members (excludes halogenated alkanes) is 2. The highest BCUT2D eigenvalue weighted by molar-refractivity contribution is 5.75. The molecule has 0 fully saturated rings. The molecule has 0 amide bonds. The zero-order chi connectivity index (χ0) is 18.3. The van der Waals surface area contributed by atoms with Crippen LogP contribution in [0.2, 0.25) is 0 Å². The van der Waals surface area contributed by atoms with E-state index in [4.69, 9.17) is 18.9 Å². The number of hydrogen-bond acceptors (Lipinski definition) is 6. The highest BCUT2D eigenvalue weighted by atomic mass is 16.7. The molecule has 0 saturated carbocycles. The first-order valence-corrected chi connectivity index (χ1v) is 8.55. The predicted molar refractivity (Wildman–Crippen MR) is 100 cm³/mol. The maximum atomic E-state index is 11.6. The highest BCUT2D eigenvalue weighted by Gasteiger charge is 2.13. The number of carbonyl (C=O) groups is 2. The minimum atomic E-state index is -0.712. The van der Waals surface area contributed by atoms with Crippen molar-refractivity contribution >= 4 is 11.9 Å². The second kappa shape index (κ2) is 15.3. The fraction of sp³-hybridized carbons (Fsp3) is 0.600. The molecule has 6 heteroatoms. The fourth-order valence-corrected chi connectivity index (χ4v) is 2.13. The molecule has 0 aliphatic heterocycles. The van der Waals surface area contributed by atoms with Gasteiger partial charge in [0.1, 0.15) is 18.5 Å². The van der Waals surface area contributed by atoms with Gasteiger partial charge >= 0.3 is 6.16 Å². The Kier molecular flexibility index (Phi) is 14.2. The van der Waals surface area contributed by atoms with E-state index in [1.165, 1.54) is 0 Å². The summed E-state index contributed by atoms with van der Waals surface area (Å²) in [5.41, 5.74) is 1.04. The lowest BCUT2D eigenvalue weighted by Crippen LogP contribution is -2.27. The van der Waals surface area contributed by atoms with Crippen LogP contribution in [0.1, 0.15) is 45.6 Å². The summed E-state index contributed by atoms with van der Waals surface area (Å²) in [4.78, 5) is 22.4. The minimum absolute atomic E-state index is 0. The van der Waals surface area contributed by atoms with Crippen molar-refractivity contribution in [1.29, 1.82) is 0 Å². The molecule has 26 heavy (non-hydrogen) atoms. The van der Waals surface area contributed by atoms with E-state index in [1.807, 2.05) is 30.3 Å². The Balaban J connectivity index is 0.00000625. The largest absolute Gasteiger partial charge is 0.508 e. The minimum Gasteiger partial charge on any atom is -0.434 e. The third-order valence-corrected chi connectivity index (χ3v) is 3.46. The molecule has 0 spiro atoms. The van der Waals surface area contributed by atoms with E-state index in [0.717, 1.165) is 18.4 Å². The zero-order valence-corrected chi connectivity index (χ0v) is 15.1. The van der Waals surface area contributed by atoms with Crippen LogP contribution in [-0.2, 0) is 30.3 Å². The van der Waals surface area contributed by atoms with Crippen molar-refractivity contribution < 1.29 is 28.5 Å². The third-order valence-electron chi connectivity index (χ3n) is 3.46. The standard InChI is InChI=1S/C19H28O6.CH4/c1-16(20)9-5-4-8-12-23-19(21)25-15-18(14-22-2)24-13-17-10-6-3-7-11-17;/h3,6-7,10-11,18H,4-5,8-9,12-15H2,1-2H3;1H4. The van der Waals surface area contributed by atoms with Gasteiger partial charge < -0.3 is 23.7 Å².